The van der Waals surface area contributed by atoms with Crippen LogP contribution >= 0.6 is 0 Å². The summed E-state index contributed by atoms with van der Waals surface area (Å²) >= 11 is 0. The Kier molecular flexibility index (Phi) is 10.3. The SMILES string of the molecule is CC(C)=CCC/C(C)=C/CC/C(C)=C/CC/C(C)=C/Cc1cc(O)c2ccccc2c1O. The molecule has 0 spiro atoms. The average molecular weight is 433 g/mol. The average Bonchev–Trinajstić information content (AvgIpc) is 2.75. The Morgan fingerprint density at radius 1 is 0.688 bits per heavy atom. The van der Waals surface area contributed by atoms with Crippen LogP contribution in [-0.4, -0.2) is 10.2 Å². The molecule has 0 aromatic heterocycles. The zero-order chi connectivity index (χ0) is 23.5. The largest absolute Gasteiger partial charge is 0.507 e. The minimum absolute atomic E-state index is 0.222. The van der Waals surface area contributed by atoms with Crippen molar-refractivity contribution in [3.05, 3.63) is 82.5 Å². The van der Waals surface area contributed by atoms with E-state index in [1.54, 1.807) is 6.07 Å². The third kappa shape index (κ3) is 8.42. The minimum Gasteiger partial charge on any atom is -0.507 e. The number of aromatic hydroxyl groups is 2. The van der Waals surface area contributed by atoms with Gasteiger partial charge in [0.15, 0.2) is 0 Å². The van der Waals surface area contributed by atoms with E-state index < -0.39 is 0 Å². The molecule has 0 aliphatic carbocycles. The van der Waals surface area contributed by atoms with Gasteiger partial charge in [-0.2, -0.15) is 0 Å². The Morgan fingerprint density at radius 3 is 1.75 bits per heavy atom. The van der Waals surface area contributed by atoms with Gasteiger partial charge in [-0.25, -0.2) is 0 Å². The highest BCUT2D eigenvalue weighted by atomic mass is 16.3. The maximum Gasteiger partial charge on any atom is 0.127 e. The lowest BCUT2D eigenvalue weighted by atomic mass is 10.0. The predicted molar refractivity (Wildman–Crippen MR) is 139 cm³/mol. The van der Waals surface area contributed by atoms with Crippen molar-refractivity contribution in [2.24, 2.45) is 0 Å². The van der Waals surface area contributed by atoms with Crippen molar-refractivity contribution < 1.29 is 10.2 Å². The van der Waals surface area contributed by atoms with Crippen molar-refractivity contribution in [2.45, 2.75) is 79.6 Å². The number of phenolic OH excluding ortho intramolecular Hbond substituents is 2. The smallest absolute Gasteiger partial charge is 0.127 e. The van der Waals surface area contributed by atoms with Crippen LogP contribution in [0.1, 0.15) is 78.7 Å². The number of phenols is 2. The van der Waals surface area contributed by atoms with Gasteiger partial charge < -0.3 is 10.2 Å². The van der Waals surface area contributed by atoms with Gasteiger partial charge in [-0.1, -0.05) is 70.9 Å². The maximum absolute atomic E-state index is 10.6. The van der Waals surface area contributed by atoms with E-state index in [0.29, 0.717) is 17.2 Å². The van der Waals surface area contributed by atoms with E-state index in [0.717, 1.165) is 44.1 Å². The zero-order valence-electron chi connectivity index (χ0n) is 20.5. The Labute approximate surface area is 194 Å². The molecule has 0 amide bonds. The standard InChI is InChI=1S/C30H40O2/c1-22(2)11-8-12-23(3)13-9-14-24(4)15-10-16-25(5)19-20-26-21-29(31)27-17-6-7-18-28(27)30(26)32/h6-7,11,13,15,17-19,21,31-32H,8-10,12,14,16,20H2,1-5H3/b23-13+,24-15+,25-19+. The number of fused-ring (bicyclic) bond motifs is 1. The van der Waals surface area contributed by atoms with Crippen LogP contribution in [0.4, 0.5) is 0 Å². The molecule has 0 atom stereocenters. The Bertz CT molecular complexity index is 1010. The molecular weight excluding hydrogens is 392 g/mol. The first-order chi connectivity index (χ1) is 15.3. The fourth-order valence-electron chi connectivity index (χ4n) is 3.82. The van der Waals surface area contributed by atoms with Gasteiger partial charge in [0.05, 0.1) is 0 Å². The lowest BCUT2D eigenvalue weighted by molar-refractivity contribution is 0.465. The van der Waals surface area contributed by atoms with Crippen LogP contribution in [0.15, 0.2) is 76.9 Å². The number of hydrogen-bond acceptors (Lipinski definition) is 2. The summed E-state index contributed by atoms with van der Waals surface area (Å²) in [5, 5.41) is 22.2. The molecule has 172 valence electrons. The molecule has 2 aromatic rings. The first-order valence-electron chi connectivity index (χ1n) is 11.8. The minimum atomic E-state index is 0.222. The monoisotopic (exact) mass is 432 g/mol. The quantitative estimate of drug-likeness (QED) is 0.275. The molecule has 0 aliphatic heterocycles. The van der Waals surface area contributed by atoms with E-state index >= 15 is 0 Å². The Hall–Kier alpha value is -2.74. The summed E-state index contributed by atoms with van der Waals surface area (Å²) in [6.07, 6.45) is 16.4. The van der Waals surface area contributed by atoms with Crippen LogP contribution in [0.2, 0.25) is 0 Å². The molecule has 32 heavy (non-hydrogen) atoms. The second kappa shape index (κ2) is 13.0. The molecule has 0 saturated carbocycles. The summed E-state index contributed by atoms with van der Waals surface area (Å²) < 4.78 is 0. The zero-order valence-corrected chi connectivity index (χ0v) is 20.5. The van der Waals surface area contributed by atoms with Crippen molar-refractivity contribution >= 4 is 10.8 Å². The van der Waals surface area contributed by atoms with Crippen molar-refractivity contribution in [1.29, 1.82) is 0 Å². The van der Waals surface area contributed by atoms with Crippen molar-refractivity contribution in [1.82, 2.24) is 0 Å². The Morgan fingerprint density at radius 2 is 1.19 bits per heavy atom. The third-order valence-corrected chi connectivity index (χ3v) is 5.90. The number of benzene rings is 2. The normalized spacial score (nSPS) is 13.0. The van der Waals surface area contributed by atoms with Crippen molar-refractivity contribution in [3.8, 4) is 11.5 Å². The summed E-state index contributed by atoms with van der Waals surface area (Å²) in [6.45, 7) is 10.9. The fourth-order valence-corrected chi connectivity index (χ4v) is 3.82. The molecule has 2 N–H and O–H groups in total. The summed E-state index contributed by atoms with van der Waals surface area (Å²) in [6, 6.07) is 9.09. The second-order valence-electron chi connectivity index (χ2n) is 9.20. The van der Waals surface area contributed by atoms with Crippen LogP contribution in [-0.2, 0) is 6.42 Å². The fraction of sp³-hybridized carbons (Fsp3) is 0.400. The molecule has 2 rings (SSSR count). The molecule has 0 aliphatic rings. The molecule has 0 fully saturated rings. The van der Waals surface area contributed by atoms with E-state index in [4.69, 9.17) is 0 Å². The highest BCUT2D eigenvalue weighted by Crippen LogP contribution is 2.35. The van der Waals surface area contributed by atoms with Crippen LogP contribution in [0.5, 0.6) is 11.5 Å². The van der Waals surface area contributed by atoms with Crippen LogP contribution < -0.4 is 0 Å². The van der Waals surface area contributed by atoms with Crippen LogP contribution in [0.25, 0.3) is 10.8 Å². The van der Waals surface area contributed by atoms with Crippen LogP contribution in [0, 0.1) is 0 Å². The number of allylic oxidation sites excluding steroid dienone is 8. The first-order valence-corrected chi connectivity index (χ1v) is 11.8. The third-order valence-electron chi connectivity index (χ3n) is 5.90. The van der Waals surface area contributed by atoms with E-state index in [-0.39, 0.29) is 11.5 Å². The van der Waals surface area contributed by atoms with Gasteiger partial charge in [0.25, 0.3) is 0 Å². The molecular formula is C30H40O2. The van der Waals surface area contributed by atoms with Gasteiger partial charge in [0.1, 0.15) is 11.5 Å². The molecule has 0 unspecified atom stereocenters. The van der Waals surface area contributed by atoms with Crippen LogP contribution in [0.3, 0.4) is 0 Å². The van der Waals surface area contributed by atoms with Gasteiger partial charge >= 0.3 is 0 Å². The Balaban J connectivity index is 1.81. The number of hydrogen-bond donors (Lipinski definition) is 2. The van der Waals surface area contributed by atoms with E-state index in [9.17, 15) is 10.2 Å². The molecule has 0 radical (unpaired) electrons. The van der Waals surface area contributed by atoms with Gasteiger partial charge in [0, 0.05) is 16.3 Å². The summed E-state index contributed by atoms with van der Waals surface area (Å²) in [4.78, 5) is 0. The molecule has 0 heterocycles. The topological polar surface area (TPSA) is 40.5 Å². The molecule has 2 heteroatoms. The van der Waals surface area contributed by atoms with E-state index in [2.05, 4.69) is 58.9 Å². The highest BCUT2D eigenvalue weighted by molar-refractivity contribution is 5.94. The van der Waals surface area contributed by atoms with Gasteiger partial charge in [0.2, 0.25) is 0 Å². The molecule has 0 bridgehead atoms. The van der Waals surface area contributed by atoms with Gasteiger partial charge in [-0.05, 0) is 85.6 Å². The van der Waals surface area contributed by atoms with Crippen molar-refractivity contribution in [2.75, 3.05) is 0 Å². The molecule has 2 aromatic carbocycles. The van der Waals surface area contributed by atoms with Gasteiger partial charge in [-0.3, -0.25) is 0 Å². The predicted octanol–water partition coefficient (Wildman–Crippen LogP) is 8.94. The summed E-state index contributed by atoms with van der Waals surface area (Å²) in [7, 11) is 0. The lowest BCUT2D eigenvalue weighted by Crippen LogP contribution is -1.88. The van der Waals surface area contributed by atoms with Crippen molar-refractivity contribution in [3.63, 3.8) is 0 Å². The maximum atomic E-state index is 10.6. The lowest BCUT2D eigenvalue weighted by Gasteiger charge is -2.09. The van der Waals surface area contributed by atoms with Gasteiger partial charge in [-0.15, -0.1) is 0 Å². The number of rotatable bonds is 11. The highest BCUT2D eigenvalue weighted by Gasteiger charge is 2.09. The first kappa shape index (κ1) is 25.5. The molecule has 2 nitrogen and oxygen atoms in total. The second-order valence-corrected chi connectivity index (χ2v) is 9.20. The van der Waals surface area contributed by atoms with E-state index in [1.807, 2.05) is 24.3 Å². The molecule has 0 saturated heterocycles. The summed E-state index contributed by atoms with van der Waals surface area (Å²) in [5.41, 5.74) is 6.39. The summed E-state index contributed by atoms with van der Waals surface area (Å²) in [5.74, 6) is 0.488. The van der Waals surface area contributed by atoms with E-state index in [1.165, 1.54) is 22.3 Å².